The van der Waals surface area contributed by atoms with Gasteiger partial charge in [-0.3, -0.25) is 0 Å². The van der Waals surface area contributed by atoms with Crippen molar-refractivity contribution in [1.29, 1.82) is 0 Å². The monoisotopic (exact) mass is 382 g/mol. The summed E-state index contributed by atoms with van der Waals surface area (Å²) in [6.07, 6.45) is 1.42. The minimum absolute atomic E-state index is 0.0907. The van der Waals surface area contributed by atoms with Crippen LogP contribution in [-0.2, 0) is 18.0 Å². The molecule has 0 aliphatic rings. The summed E-state index contributed by atoms with van der Waals surface area (Å²) < 4.78 is 21.3. The van der Waals surface area contributed by atoms with Gasteiger partial charge in [0, 0.05) is 5.56 Å². The maximum absolute atomic E-state index is 12.3. The molecule has 0 spiro atoms. The van der Waals surface area contributed by atoms with Gasteiger partial charge in [-0.15, -0.1) is 11.3 Å². The number of para-hydroxylation sites is 1. The highest BCUT2D eigenvalue weighted by atomic mass is 32.1. The van der Waals surface area contributed by atoms with E-state index >= 15 is 0 Å². The highest BCUT2D eigenvalue weighted by Gasteiger charge is 2.19. The summed E-state index contributed by atoms with van der Waals surface area (Å²) in [5.74, 6) is 0.847. The first-order valence-electron chi connectivity index (χ1n) is 8.07. The zero-order chi connectivity index (χ0) is 18.5. The molecule has 1 aromatic carbocycles. The molecule has 3 heterocycles. The molecule has 0 saturated carbocycles. The number of carbonyl (C=O) groups is 1. The SMILES string of the molecule is O=C(OCc1noc(-c2cccs2)n1)c1occc1COc1ccccc1. The van der Waals surface area contributed by atoms with Gasteiger partial charge in [-0.05, 0) is 29.6 Å². The van der Waals surface area contributed by atoms with Crippen molar-refractivity contribution >= 4 is 17.3 Å². The Bertz CT molecular complexity index is 1010. The Labute approximate surface area is 158 Å². The summed E-state index contributed by atoms with van der Waals surface area (Å²) in [4.78, 5) is 17.3. The van der Waals surface area contributed by atoms with E-state index in [9.17, 15) is 4.79 Å². The van der Waals surface area contributed by atoms with Gasteiger partial charge in [0.25, 0.3) is 5.89 Å². The maximum atomic E-state index is 12.3. The lowest BCUT2D eigenvalue weighted by atomic mass is 10.2. The Morgan fingerprint density at radius 3 is 2.78 bits per heavy atom. The molecule has 0 radical (unpaired) electrons. The second-order valence-electron chi connectivity index (χ2n) is 5.45. The van der Waals surface area contributed by atoms with E-state index in [1.807, 2.05) is 47.8 Å². The van der Waals surface area contributed by atoms with Gasteiger partial charge in [-0.1, -0.05) is 29.4 Å². The molecule has 0 fully saturated rings. The van der Waals surface area contributed by atoms with E-state index in [2.05, 4.69) is 10.1 Å². The highest BCUT2D eigenvalue weighted by Crippen LogP contribution is 2.23. The molecule has 7 nitrogen and oxygen atoms in total. The largest absolute Gasteiger partial charge is 0.489 e. The fraction of sp³-hybridized carbons (Fsp3) is 0.105. The third kappa shape index (κ3) is 4.06. The number of benzene rings is 1. The fourth-order valence-corrected chi connectivity index (χ4v) is 2.96. The Morgan fingerprint density at radius 1 is 1.07 bits per heavy atom. The molecule has 0 aliphatic heterocycles. The predicted molar refractivity (Wildman–Crippen MR) is 96.2 cm³/mol. The molecule has 0 aliphatic carbocycles. The van der Waals surface area contributed by atoms with Crippen molar-refractivity contribution < 1.29 is 23.2 Å². The van der Waals surface area contributed by atoms with Crippen molar-refractivity contribution in [2.45, 2.75) is 13.2 Å². The van der Waals surface area contributed by atoms with Crippen molar-refractivity contribution in [3.63, 3.8) is 0 Å². The van der Waals surface area contributed by atoms with Crippen LogP contribution in [0.5, 0.6) is 5.75 Å². The number of nitrogens with zero attached hydrogens (tertiary/aromatic N) is 2. The van der Waals surface area contributed by atoms with Crippen molar-refractivity contribution in [2.75, 3.05) is 0 Å². The second-order valence-corrected chi connectivity index (χ2v) is 6.39. The van der Waals surface area contributed by atoms with Gasteiger partial charge in [0.05, 0.1) is 11.1 Å². The predicted octanol–water partition coefficient (Wildman–Crippen LogP) is 4.33. The first kappa shape index (κ1) is 17.0. The topological polar surface area (TPSA) is 87.6 Å². The summed E-state index contributed by atoms with van der Waals surface area (Å²) in [6.45, 7) is 0.0725. The fourth-order valence-electron chi connectivity index (χ4n) is 2.31. The lowest BCUT2D eigenvalue weighted by Gasteiger charge is -2.06. The molecule has 0 saturated heterocycles. The number of carbonyl (C=O) groups excluding carboxylic acids is 1. The van der Waals surface area contributed by atoms with Gasteiger partial charge in [-0.2, -0.15) is 4.98 Å². The smallest absolute Gasteiger partial charge is 0.375 e. The molecular weight excluding hydrogens is 368 g/mol. The minimum atomic E-state index is -0.617. The Morgan fingerprint density at radius 2 is 1.96 bits per heavy atom. The van der Waals surface area contributed by atoms with E-state index in [0.717, 1.165) is 4.88 Å². The molecule has 0 amide bonds. The molecule has 136 valence electrons. The number of furan rings is 1. The number of ether oxygens (including phenoxy) is 2. The zero-order valence-corrected chi connectivity index (χ0v) is 14.8. The summed E-state index contributed by atoms with van der Waals surface area (Å²) in [5.41, 5.74) is 0.594. The quantitative estimate of drug-likeness (QED) is 0.440. The summed E-state index contributed by atoms with van der Waals surface area (Å²) in [7, 11) is 0. The van der Waals surface area contributed by atoms with Crippen LogP contribution >= 0.6 is 11.3 Å². The van der Waals surface area contributed by atoms with E-state index in [0.29, 0.717) is 17.2 Å². The minimum Gasteiger partial charge on any atom is -0.489 e. The highest BCUT2D eigenvalue weighted by molar-refractivity contribution is 7.13. The number of hydrogen-bond donors (Lipinski definition) is 0. The van der Waals surface area contributed by atoms with Gasteiger partial charge in [0.15, 0.2) is 6.61 Å². The van der Waals surface area contributed by atoms with Gasteiger partial charge < -0.3 is 18.4 Å². The van der Waals surface area contributed by atoms with Gasteiger partial charge in [-0.25, -0.2) is 4.79 Å². The molecule has 0 N–H and O–H groups in total. The summed E-state index contributed by atoms with van der Waals surface area (Å²) in [6, 6.07) is 14.7. The number of thiophene rings is 1. The van der Waals surface area contributed by atoms with Crippen LogP contribution in [0.2, 0.25) is 0 Å². The summed E-state index contributed by atoms with van der Waals surface area (Å²) >= 11 is 1.48. The van der Waals surface area contributed by atoms with Crippen LogP contribution in [0.3, 0.4) is 0 Å². The first-order chi connectivity index (χ1) is 13.3. The zero-order valence-electron chi connectivity index (χ0n) is 14.0. The van der Waals surface area contributed by atoms with Crippen molar-refractivity contribution in [3.05, 3.63) is 77.3 Å². The van der Waals surface area contributed by atoms with Crippen LogP contribution in [0.4, 0.5) is 0 Å². The Hall–Kier alpha value is -3.39. The lowest BCUT2D eigenvalue weighted by molar-refractivity contribution is 0.0419. The van der Waals surface area contributed by atoms with Crippen molar-refractivity contribution in [2.24, 2.45) is 0 Å². The van der Waals surface area contributed by atoms with Crippen LogP contribution in [0.25, 0.3) is 10.8 Å². The molecule has 4 aromatic rings. The van der Waals surface area contributed by atoms with Crippen molar-refractivity contribution in [3.8, 4) is 16.5 Å². The van der Waals surface area contributed by atoms with Crippen LogP contribution in [0.1, 0.15) is 21.9 Å². The molecule has 3 aromatic heterocycles. The standard InChI is InChI=1S/C19H14N2O5S/c22-19(25-12-16-20-18(26-21-16)15-7-4-10-27-15)17-13(8-9-23-17)11-24-14-5-2-1-3-6-14/h1-10H,11-12H2. The van der Waals surface area contributed by atoms with E-state index in [4.69, 9.17) is 18.4 Å². The number of esters is 1. The first-order valence-corrected chi connectivity index (χ1v) is 8.95. The molecule has 8 heteroatoms. The van der Waals surface area contributed by atoms with E-state index < -0.39 is 5.97 Å². The van der Waals surface area contributed by atoms with Crippen LogP contribution in [0, 0.1) is 0 Å². The van der Waals surface area contributed by atoms with E-state index in [1.165, 1.54) is 17.6 Å². The molecule has 0 unspecified atom stereocenters. The lowest BCUT2D eigenvalue weighted by Crippen LogP contribution is -2.08. The average molecular weight is 382 g/mol. The van der Waals surface area contributed by atoms with Gasteiger partial charge in [0.2, 0.25) is 11.6 Å². The normalized spacial score (nSPS) is 10.7. The number of hydrogen-bond acceptors (Lipinski definition) is 8. The van der Waals surface area contributed by atoms with E-state index in [-0.39, 0.29) is 24.8 Å². The number of aromatic nitrogens is 2. The second kappa shape index (κ2) is 7.88. The Kier molecular flexibility index (Phi) is 4.97. The van der Waals surface area contributed by atoms with Crippen LogP contribution in [-0.4, -0.2) is 16.1 Å². The molecule has 27 heavy (non-hydrogen) atoms. The van der Waals surface area contributed by atoms with E-state index in [1.54, 1.807) is 6.07 Å². The molecule has 0 bridgehead atoms. The average Bonchev–Trinajstić information content (AvgIpc) is 3.46. The number of rotatable bonds is 7. The van der Waals surface area contributed by atoms with Crippen LogP contribution in [0.15, 0.2) is 69.1 Å². The molecular formula is C19H14N2O5S. The third-order valence-corrected chi connectivity index (χ3v) is 4.46. The maximum Gasteiger partial charge on any atom is 0.375 e. The van der Waals surface area contributed by atoms with Gasteiger partial charge >= 0.3 is 5.97 Å². The Balaban J connectivity index is 1.36. The molecule has 4 rings (SSSR count). The van der Waals surface area contributed by atoms with Crippen LogP contribution < -0.4 is 4.74 Å². The third-order valence-electron chi connectivity index (χ3n) is 3.60. The summed E-state index contributed by atoms with van der Waals surface area (Å²) in [5, 5.41) is 5.72. The molecule has 0 atom stereocenters. The van der Waals surface area contributed by atoms with Crippen molar-refractivity contribution in [1.82, 2.24) is 10.1 Å². The van der Waals surface area contributed by atoms with Gasteiger partial charge in [0.1, 0.15) is 12.4 Å².